The predicted molar refractivity (Wildman–Crippen MR) is 79.8 cm³/mol. The fourth-order valence-electron chi connectivity index (χ4n) is 2.36. The second-order valence-electron chi connectivity index (χ2n) is 5.22. The molecule has 2 heterocycles. The third-order valence-corrected chi connectivity index (χ3v) is 3.61. The van der Waals surface area contributed by atoms with Gasteiger partial charge in [-0.2, -0.15) is 0 Å². The van der Waals surface area contributed by atoms with E-state index in [1.165, 1.54) is 0 Å². The number of nitrogens with one attached hydrogen (secondary N) is 1. The monoisotopic (exact) mass is 296 g/mol. The van der Waals surface area contributed by atoms with E-state index < -0.39 is 18.1 Å². The van der Waals surface area contributed by atoms with Crippen molar-refractivity contribution in [2.75, 3.05) is 0 Å². The molecule has 2 atom stereocenters. The van der Waals surface area contributed by atoms with Crippen molar-refractivity contribution in [2.24, 2.45) is 0 Å². The molecule has 1 N–H and O–H groups in total. The number of carbonyl (C=O) groups is 2. The normalized spacial score (nSPS) is 18.0. The summed E-state index contributed by atoms with van der Waals surface area (Å²) in [6, 6.07) is 13.0. The van der Waals surface area contributed by atoms with Crippen LogP contribution in [0.5, 0.6) is 0 Å². The highest BCUT2D eigenvalue weighted by Crippen LogP contribution is 2.23. The Morgan fingerprint density at radius 2 is 1.91 bits per heavy atom. The van der Waals surface area contributed by atoms with Gasteiger partial charge in [0.1, 0.15) is 12.1 Å². The maximum absolute atomic E-state index is 12.1. The predicted octanol–water partition coefficient (Wildman–Crippen LogP) is 1.80. The van der Waals surface area contributed by atoms with Crippen molar-refractivity contribution < 1.29 is 14.3 Å². The van der Waals surface area contributed by atoms with E-state index >= 15 is 0 Å². The average Bonchev–Trinajstić information content (AvgIpc) is 2.53. The third-order valence-electron chi connectivity index (χ3n) is 3.61. The SMILES string of the molecule is O=C1CC(C(=O)OC(Cc2ccccc2)c2ccncc2)N1. The van der Waals surface area contributed by atoms with Crippen molar-refractivity contribution in [1.82, 2.24) is 10.3 Å². The van der Waals surface area contributed by atoms with Crippen LogP contribution in [-0.2, 0) is 20.7 Å². The van der Waals surface area contributed by atoms with Crippen molar-refractivity contribution in [1.29, 1.82) is 0 Å². The molecule has 1 aromatic carbocycles. The van der Waals surface area contributed by atoms with E-state index in [9.17, 15) is 9.59 Å². The fourth-order valence-corrected chi connectivity index (χ4v) is 2.36. The van der Waals surface area contributed by atoms with Crippen LogP contribution in [0.2, 0.25) is 0 Å². The van der Waals surface area contributed by atoms with Crippen LogP contribution in [0.4, 0.5) is 0 Å². The van der Waals surface area contributed by atoms with Gasteiger partial charge in [-0.3, -0.25) is 9.78 Å². The standard InChI is InChI=1S/C17H16N2O3/c20-16-11-14(19-16)17(21)22-15(13-6-8-18-9-7-13)10-12-4-2-1-3-5-12/h1-9,14-15H,10-11H2,(H,19,20). The second kappa shape index (κ2) is 6.39. The topological polar surface area (TPSA) is 68.3 Å². The Morgan fingerprint density at radius 3 is 2.55 bits per heavy atom. The van der Waals surface area contributed by atoms with Gasteiger partial charge in [0.2, 0.25) is 5.91 Å². The average molecular weight is 296 g/mol. The summed E-state index contributed by atoms with van der Waals surface area (Å²) >= 11 is 0. The summed E-state index contributed by atoms with van der Waals surface area (Å²) in [5.41, 5.74) is 1.97. The molecule has 1 aromatic heterocycles. The number of ether oxygens (including phenoxy) is 1. The molecule has 1 aliphatic rings. The van der Waals surface area contributed by atoms with Crippen molar-refractivity contribution in [3.63, 3.8) is 0 Å². The molecule has 5 heteroatoms. The number of esters is 1. The minimum Gasteiger partial charge on any atom is -0.456 e. The third kappa shape index (κ3) is 3.31. The molecule has 1 aliphatic heterocycles. The number of hydrogen-bond acceptors (Lipinski definition) is 4. The molecular formula is C17H16N2O3. The maximum Gasteiger partial charge on any atom is 0.329 e. The Hall–Kier alpha value is -2.69. The molecule has 0 bridgehead atoms. The number of pyridine rings is 1. The van der Waals surface area contributed by atoms with Crippen LogP contribution in [0, 0.1) is 0 Å². The molecule has 2 unspecified atom stereocenters. The second-order valence-corrected chi connectivity index (χ2v) is 5.22. The highest BCUT2D eigenvalue weighted by Gasteiger charge is 2.34. The Labute approximate surface area is 128 Å². The highest BCUT2D eigenvalue weighted by atomic mass is 16.5. The fraction of sp³-hybridized carbons (Fsp3) is 0.235. The van der Waals surface area contributed by atoms with E-state index in [1.807, 2.05) is 42.5 Å². The number of aromatic nitrogens is 1. The quantitative estimate of drug-likeness (QED) is 0.675. The summed E-state index contributed by atoms with van der Waals surface area (Å²) in [6.07, 6.45) is 3.73. The Balaban J connectivity index is 1.74. The van der Waals surface area contributed by atoms with Gasteiger partial charge < -0.3 is 10.1 Å². The van der Waals surface area contributed by atoms with E-state index in [2.05, 4.69) is 10.3 Å². The zero-order valence-corrected chi connectivity index (χ0v) is 11.9. The molecule has 0 aliphatic carbocycles. The van der Waals surface area contributed by atoms with Crippen LogP contribution < -0.4 is 5.32 Å². The van der Waals surface area contributed by atoms with Gasteiger partial charge in [0.05, 0.1) is 6.42 Å². The minimum absolute atomic E-state index is 0.120. The van der Waals surface area contributed by atoms with E-state index in [0.717, 1.165) is 11.1 Å². The zero-order chi connectivity index (χ0) is 15.4. The number of benzene rings is 1. The largest absolute Gasteiger partial charge is 0.456 e. The molecular weight excluding hydrogens is 280 g/mol. The zero-order valence-electron chi connectivity index (χ0n) is 11.9. The van der Waals surface area contributed by atoms with Crippen molar-refractivity contribution in [3.05, 3.63) is 66.0 Å². The molecule has 2 aromatic rings. The van der Waals surface area contributed by atoms with Crippen LogP contribution in [0.1, 0.15) is 23.7 Å². The van der Waals surface area contributed by atoms with Crippen molar-refractivity contribution in [3.8, 4) is 0 Å². The number of β-lactam (4-membered cyclic amide) rings is 1. The number of nitrogens with zero attached hydrogens (tertiary/aromatic N) is 1. The van der Waals surface area contributed by atoms with Crippen molar-refractivity contribution in [2.45, 2.75) is 25.0 Å². The van der Waals surface area contributed by atoms with Gasteiger partial charge in [-0.1, -0.05) is 30.3 Å². The molecule has 0 spiro atoms. The minimum atomic E-state index is -0.521. The lowest BCUT2D eigenvalue weighted by Crippen LogP contribution is -2.54. The number of carbonyl (C=O) groups excluding carboxylic acids is 2. The first-order valence-electron chi connectivity index (χ1n) is 7.16. The molecule has 0 radical (unpaired) electrons. The first-order valence-corrected chi connectivity index (χ1v) is 7.16. The van der Waals surface area contributed by atoms with Gasteiger partial charge in [0, 0.05) is 18.8 Å². The lowest BCUT2D eigenvalue weighted by atomic mass is 10.0. The maximum atomic E-state index is 12.1. The van der Waals surface area contributed by atoms with Crippen LogP contribution >= 0.6 is 0 Å². The molecule has 0 saturated carbocycles. The summed E-state index contributed by atoms with van der Waals surface area (Å²) in [5, 5.41) is 2.54. The van der Waals surface area contributed by atoms with Gasteiger partial charge in [0.25, 0.3) is 0 Å². The lowest BCUT2D eigenvalue weighted by molar-refractivity contribution is -0.158. The first kappa shape index (κ1) is 14.3. The van der Waals surface area contributed by atoms with Crippen LogP contribution in [0.25, 0.3) is 0 Å². The van der Waals surface area contributed by atoms with Crippen molar-refractivity contribution >= 4 is 11.9 Å². The molecule has 5 nitrogen and oxygen atoms in total. The van der Waals surface area contributed by atoms with E-state index in [0.29, 0.717) is 6.42 Å². The summed E-state index contributed by atoms with van der Waals surface area (Å²) in [5.74, 6) is -0.511. The van der Waals surface area contributed by atoms with Gasteiger partial charge in [-0.25, -0.2) is 4.79 Å². The Bertz CT molecular complexity index is 650. The van der Waals surface area contributed by atoms with Gasteiger partial charge in [-0.15, -0.1) is 0 Å². The molecule has 1 saturated heterocycles. The van der Waals surface area contributed by atoms with Gasteiger partial charge >= 0.3 is 5.97 Å². The number of hydrogen-bond donors (Lipinski definition) is 1. The molecule has 112 valence electrons. The van der Waals surface area contributed by atoms with Crippen LogP contribution in [0.3, 0.4) is 0 Å². The lowest BCUT2D eigenvalue weighted by Gasteiger charge is -2.27. The Kier molecular flexibility index (Phi) is 4.14. The van der Waals surface area contributed by atoms with E-state index in [1.54, 1.807) is 12.4 Å². The summed E-state index contributed by atoms with van der Waals surface area (Å²) < 4.78 is 5.61. The van der Waals surface area contributed by atoms with Crippen LogP contribution in [-0.4, -0.2) is 22.9 Å². The highest BCUT2D eigenvalue weighted by molar-refractivity contribution is 5.94. The Morgan fingerprint density at radius 1 is 1.23 bits per heavy atom. The van der Waals surface area contributed by atoms with E-state index in [-0.39, 0.29) is 12.3 Å². The molecule has 22 heavy (non-hydrogen) atoms. The van der Waals surface area contributed by atoms with E-state index in [4.69, 9.17) is 4.74 Å². The smallest absolute Gasteiger partial charge is 0.329 e. The van der Waals surface area contributed by atoms with Crippen LogP contribution in [0.15, 0.2) is 54.9 Å². The molecule has 1 amide bonds. The summed E-state index contributed by atoms with van der Waals surface area (Å²) in [7, 11) is 0. The number of rotatable bonds is 5. The van der Waals surface area contributed by atoms with Gasteiger partial charge in [0.15, 0.2) is 0 Å². The first-order chi connectivity index (χ1) is 10.7. The molecule has 3 rings (SSSR count). The number of amides is 1. The summed E-state index contributed by atoms with van der Waals surface area (Å²) in [6.45, 7) is 0. The summed E-state index contributed by atoms with van der Waals surface area (Å²) in [4.78, 5) is 27.0. The molecule has 1 fully saturated rings. The van der Waals surface area contributed by atoms with Gasteiger partial charge in [-0.05, 0) is 23.3 Å².